The molecule has 1 aliphatic heterocycles. The molecule has 126 valence electrons. The minimum Gasteiger partial charge on any atom is -0.334 e. The minimum atomic E-state index is -0.202. The summed E-state index contributed by atoms with van der Waals surface area (Å²) in [5.41, 5.74) is 2.06. The molecule has 0 spiro atoms. The predicted molar refractivity (Wildman–Crippen MR) is 91.9 cm³/mol. The van der Waals surface area contributed by atoms with Gasteiger partial charge in [-0.1, -0.05) is 42.5 Å². The van der Waals surface area contributed by atoms with E-state index in [1.165, 1.54) is 6.07 Å². The number of carbonyl (C=O) groups excluding carboxylic acids is 1. The van der Waals surface area contributed by atoms with Gasteiger partial charge in [-0.2, -0.15) is 0 Å². The second-order valence-corrected chi connectivity index (χ2v) is 6.04. The number of hydrogen-bond donors (Lipinski definition) is 1. The van der Waals surface area contributed by atoms with Crippen molar-refractivity contribution in [2.45, 2.75) is 13.1 Å². The van der Waals surface area contributed by atoms with Gasteiger partial charge >= 0.3 is 6.03 Å². The lowest BCUT2D eigenvalue weighted by Crippen LogP contribution is -2.51. The van der Waals surface area contributed by atoms with Gasteiger partial charge in [-0.05, 0) is 23.3 Å². The van der Waals surface area contributed by atoms with Crippen LogP contribution in [0.25, 0.3) is 0 Å². The van der Waals surface area contributed by atoms with Crippen LogP contribution >= 0.6 is 0 Å². The molecule has 5 heteroatoms. The molecule has 0 atom stereocenters. The minimum absolute atomic E-state index is 0.0238. The number of piperazine rings is 1. The van der Waals surface area contributed by atoms with Gasteiger partial charge in [0.2, 0.25) is 0 Å². The highest BCUT2D eigenvalue weighted by molar-refractivity contribution is 5.74. The molecule has 2 aromatic rings. The fourth-order valence-electron chi connectivity index (χ4n) is 2.89. The maximum atomic E-state index is 13.2. The Balaban J connectivity index is 1.43. The highest BCUT2D eigenvalue weighted by atomic mass is 19.1. The van der Waals surface area contributed by atoms with Crippen LogP contribution in [-0.2, 0) is 13.1 Å². The molecule has 1 heterocycles. The van der Waals surface area contributed by atoms with E-state index in [1.54, 1.807) is 12.1 Å². The number of urea groups is 1. The highest BCUT2D eigenvalue weighted by Gasteiger charge is 2.20. The zero-order valence-corrected chi connectivity index (χ0v) is 13.6. The maximum Gasteiger partial charge on any atom is 0.317 e. The molecule has 2 aromatic carbocycles. The highest BCUT2D eigenvalue weighted by Crippen LogP contribution is 2.10. The molecule has 1 saturated heterocycles. The van der Waals surface area contributed by atoms with Gasteiger partial charge in [-0.3, -0.25) is 4.90 Å². The van der Waals surface area contributed by atoms with Crippen molar-refractivity contribution in [1.29, 1.82) is 0 Å². The second kappa shape index (κ2) is 7.93. The molecule has 1 fully saturated rings. The summed E-state index contributed by atoms with van der Waals surface area (Å²) >= 11 is 0. The van der Waals surface area contributed by atoms with Gasteiger partial charge in [0.1, 0.15) is 5.82 Å². The molecule has 4 nitrogen and oxygen atoms in total. The molecule has 1 N–H and O–H groups in total. The molecule has 3 rings (SSSR count). The number of nitrogens with zero attached hydrogens (tertiary/aromatic N) is 2. The lowest BCUT2D eigenvalue weighted by atomic mass is 10.2. The van der Waals surface area contributed by atoms with Crippen LogP contribution in [0, 0.1) is 5.82 Å². The van der Waals surface area contributed by atoms with E-state index in [9.17, 15) is 9.18 Å². The van der Waals surface area contributed by atoms with Crippen LogP contribution in [0.15, 0.2) is 54.6 Å². The summed E-state index contributed by atoms with van der Waals surface area (Å²) in [7, 11) is 0. The van der Waals surface area contributed by atoms with Crippen LogP contribution in [0.5, 0.6) is 0 Å². The fraction of sp³-hybridized carbons (Fsp3) is 0.316. The van der Waals surface area contributed by atoms with E-state index >= 15 is 0 Å². The Morgan fingerprint density at radius 1 is 0.958 bits per heavy atom. The van der Waals surface area contributed by atoms with E-state index < -0.39 is 0 Å². The quantitative estimate of drug-likeness (QED) is 0.937. The SMILES string of the molecule is O=C(NCc1ccccc1)N1CCN(Cc2cccc(F)c2)CC1. The molecule has 0 unspecified atom stereocenters. The fourth-order valence-corrected chi connectivity index (χ4v) is 2.89. The Bertz CT molecular complexity index is 669. The molecule has 0 saturated carbocycles. The van der Waals surface area contributed by atoms with Crippen molar-refractivity contribution in [3.8, 4) is 0 Å². The molecule has 0 radical (unpaired) electrons. The largest absolute Gasteiger partial charge is 0.334 e. The molecule has 0 bridgehead atoms. The number of amides is 2. The van der Waals surface area contributed by atoms with E-state index in [-0.39, 0.29) is 11.8 Å². The maximum absolute atomic E-state index is 13.2. The molecular formula is C19H22FN3O. The van der Waals surface area contributed by atoms with Gasteiger partial charge in [0.15, 0.2) is 0 Å². The summed E-state index contributed by atoms with van der Waals surface area (Å²) in [6.45, 7) is 4.25. The van der Waals surface area contributed by atoms with Gasteiger partial charge in [0.05, 0.1) is 0 Å². The summed E-state index contributed by atoms with van der Waals surface area (Å²) in [6.07, 6.45) is 0. The van der Waals surface area contributed by atoms with Crippen molar-refractivity contribution in [3.05, 3.63) is 71.5 Å². The van der Waals surface area contributed by atoms with Gasteiger partial charge in [0.25, 0.3) is 0 Å². The molecule has 0 aliphatic carbocycles. The van der Waals surface area contributed by atoms with E-state index in [1.807, 2.05) is 41.3 Å². The smallest absolute Gasteiger partial charge is 0.317 e. The van der Waals surface area contributed by atoms with Gasteiger partial charge in [-0.25, -0.2) is 9.18 Å². The first-order chi connectivity index (χ1) is 11.7. The lowest BCUT2D eigenvalue weighted by Gasteiger charge is -2.34. The summed E-state index contributed by atoms with van der Waals surface area (Å²) < 4.78 is 13.2. The van der Waals surface area contributed by atoms with Crippen molar-refractivity contribution >= 4 is 6.03 Å². The van der Waals surface area contributed by atoms with Gasteiger partial charge in [-0.15, -0.1) is 0 Å². The second-order valence-electron chi connectivity index (χ2n) is 6.04. The van der Waals surface area contributed by atoms with Crippen LogP contribution in [0.4, 0.5) is 9.18 Å². The van der Waals surface area contributed by atoms with Crippen molar-refractivity contribution in [2.24, 2.45) is 0 Å². The van der Waals surface area contributed by atoms with E-state index in [4.69, 9.17) is 0 Å². The Labute approximate surface area is 141 Å². The third-order valence-corrected chi connectivity index (χ3v) is 4.24. The van der Waals surface area contributed by atoms with Crippen LogP contribution in [0.1, 0.15) is 11.1 Å². The number of rotatable bonds is 4. The topological polar surface area (TPSA) is 35.6 Å². The standard InChI is InChI=1S/C19H22FN3O/c20-18-8-4-7-17(13-18)15-22-9-11-23(12-10-22)19(24)21-14-16-5-2-1-3-6-16/h1-8,13H,9-12,14-15H2,(H,21,24). The normalized spacial score (nSPS) is 15.3. The molecular weight excluding hydrogens is 305 g/mol. The summed E-state index contributed by atoms with van der Waals surface area (Å²) in [5.74, 6) is -0.202. The van der Waals surface area contributed by atoms with E-state index in [0.29, 0.717) is 19.6 Å². The predicted octanol–water partition coefficient (Wildman–Crippen LogP) is 2.85. The molecule has 1 aliphatic rings. The Hall–Kier alpha value is -2.40. The number of carbonyl (C=O) groups is 1. The molecule has 0 aromatic heterocycles. The van der Waals surface area contributed by atoms with Crippen LogP contribution in [0.2, 0.25) is 0 Å². The summed E-state index contributed by atoms with van der Waals surface area (Å²) in [4.78, 5) is 16.3. The van der Waals surface area contributed by atoms with Crippen LogP contribution < -0.4 is 5.32 Å². The number of hydrogen-bond acceptors (Lipinski definition) is 2. The lowest BCUT2D eigenvalue weighted by molar-refractivity contribution is 0.135. The average molecular weight is 327 g/mol. The monoisotopic (exact) mass is 327 g/mol. The van der Waals surface area contributed by atoms with Gasteiger partial charge in [0, 0.05) is 39.3 Å². The third-order valence-electron chi connectivity index (χ3n) is 4.24. The van der Waals surface area contributed by atoms with Crippen LogP contribution in [0.3, 0.4) is 0 Å². The van der Waals surface area contributed by atoms with Crippen molar-refractivity contribution < 1.29 is 9.18 Å². The first-order valence-electron chi connectivity index (χ1n) is 8.24. The first-order valence-corrected chi connectivity index (χ1v) is 8.24. The number of nitrogens with one attached hydrogen (secondary N) is 1. The van der Waals surface area contributed by atoms with Crippen molar-refractivity contribution in [1.82, 2.24) is 15.1 Å². The van der Waals surface area contributed by atoms with E-state index in [2.05, 4.69) is 10.2 Å². The Kier molecular flexibility index (Phi) is 5.43. The van der Waals surface area contributed by atoms with Crippen LogP contribution in [-0.4, -0.2) is 42.0 Å². The Morgan fingerprint density at radius 2 is 1.67 bits per heavy atom. The third kappa shape index (κ3) is 4.55. The average Bonchev–Trinajstić information content (AvgIpc) is 2.61. The van der Waals surface area contributed by atoms with Crippen molar-refractivity contribution in [2.75, 3.05) is 26.2 Å². The van der Waals surface area contributed by atoms with E-state index in [0.717, 1.165) is 30.8 Å². The molecule has 2 amide bonds. The Morgan fingerprint density at radius 3 is 2.38 bits per heavy atom. The van der Waals surface area contributed by atoms with Gasteiger partial charge < -0.3 is 10.2 Å². The summed E-state index contributed by atoms with van der Waals surface area (Å²) in [6, 6.07) is 16.6. The number of halogens is 1. The number of benzene rings is 2. The zero-order valence-electron chi connectivity index (χ0n) is 13.6. The van der Waals surface area contributed by atoms with Crippen molar-refractivity contribution in [3.63, 3.8) is 0 Å². The summed E-state index contributed by atoms with van der Waals surface area (Å²) in [5, 5.41) is 2.96. The molecule has 24 heavy (non-hydrogen) atoms. The zero-order chi connectivity index (χ0) is 16.8. The first kappa shape index (κ1) is 16.5.